The summed E-state index contributed by atoms with van der Waals surface area (Å²) in [5.74, 6) is 1.39. The molecule has 0 saturated carbocycles. The number of thioether (sulfide) groups is 1. The topological polar surface area (TPSA) is 75.4 Å². The quantitative estimate of drug-likeness (QED) is 0.221. The van der Waals surface area contributed by atoms with Crippen LogP contribution in [0, 0.1) is 0 Å². The van der Waals surface area contributed by atoms with Gasteiger partial charge < -0.3 is 10.2 Å². The molecule has 2 amide bonds. The molecule has 0 spiro atoms. The lowest BCUT2D eigenvalue weighted by molar-refractivity contribution is -0.127. The van der Waals surface area contributed by atoms with Crippen molar-refractivity contribution in [3.63, 3.8) is 0 Å². The summed E-state index contributed by atoms with van der Waals surface area (Å²) in [4.78, 5) is 24.1. The molecule has 1 unspecified atom stereocenters. The number of aliphatic imine (C=N–C) groups is 1. The summed E-state index contributed by atoms with van der Waals surface area (Å²) in [6.45, 7) is 8.08. The molecule has 5 rings (SSSR count). The third kappa shape index (κ3) is 7.83. The van der Waals surface area contributed by atoms with Crippen molar-refractivity contribution in [2.24, 2.45) is 4.99 Å². The van der Waals surface area contributed by atoms with E-state index in [4.69, 9.17) is 0 Å². The molecule has 0 radical (unpaired) electrons. The van der Waals surface area contributed by atoms with Crippen molar-refractivity contribution in [1.29, 1.82) is 0 Å². The lowest BCUT2D eigenvalue weighted by Crippen LogP contribution is -2.42. The van der Waals surface area contributed by atoms with Crippen LogP contribution in [0.4, 0.5) is 23.7 Å². The zero-order valence-electron chi connectivity index (χ0n) is 25.6. The zero-order valence-corrected chi connectivity index (χ0v) is 26.4. The van der Waals surface area contributed by atoms with Gasteiger partial charge in [-0.25, -0.2) is 14.5 Å². The van der Waals surface area contributed by atoms with Gasteiger partial charge in [-0.3, -0.25) is 0 Å². The highest BCUT2D eigenvalue weighted by Gasteiger charge is 2.28. The highest BCUT2D eigenvalue weighted by Crippen LogP contribution is 2.32. The van der Waals surface area contributed by atoms with Crippen LogP contribution >= 0.6 is 11.8 Å². The van der Waals surface area contributed by atoms with Crippen LogP contribution in [0.25, 0.3) is 22.6 Å². The Morgan fingerprint density at radius 3 is 2.44 bits per heavy atom. The minimum absolute atomic E-state index is 0.187. The minimum atomic E-state index is -4.25. The monoisotopic (exact) mass is 632 g/mol. The molecule has 1 aliphatic rings. The molecule has 0 aliphatic carbocycles. The molecule has 2 heterocycles. The predicted octanol–water partition coefficient (Wildman–Crippen LogP) is 8.45. The van der Waals surface area contributed by atoms with Crippen molar-refractivity contribution < 1.29 is 18.0 Å². The number of aromatic nitrogens is 3. The lowest BCUT2D eigenvalue weighted by atomic mass is 10.0. The first-order valence-corrected chi connectivity index (χ1v) is 15.8. The Bertz CT molecular complexity index is 1710. The van der Waals surface area contributed by atoms with E-state index in [0.29, 0.717) is 22.4 Å². The van der Waals surface area contributed by atoms with E-state index < -0.39 is 18.6 Å². The van der Waals surface area contributed by atoms with Crippen molar-refractivity contribution in [1.82, 2.24) is 20.1 Å². The second-order valence-electron chi connectivity index (χ2n) is 11.0. The van der Waals surface area contributed by atoms with E-state index >= 15 is 0 Å². The summed E-state index contributed by atoms with van der Waals surface area (Å²) in [7, 11) is 0. The van der Waals surface area contributed by atoms with E-state index in [2.05, 4.69) is 51.3 Å². The smallest absolute Gasteiger partial charge is 0.318 e. The minimum Gasteiger partial charge on any atom is -0.318 e. The summed E-state index contributed by atoms with van der Waals surface area (Å²) < 4.78 is 39.5. The molecule has 4 aromatic rings. The van der Waals surface area contributed by atoms with E-state index in [1.807, 2.05) is 50.2 Å². The Labute approximate surface area is 265 Å². The molecule has 45 heavy (non-hydrogen) atoms. The fraction of sp³-hybridized carbons (Fsp3) is 0.294. The maximum Gasteiger partial charge on any atom is 0.393 e. The maximum atomic E-state index is 13.1. The van der Waals surface area contributed by atoms with Crippen LogP contribution in [0.15, 0.2) is 89.8 Å². The van der Waals surface area contributed by atoms with Gasteiger partial charge in [0.05, 0.1) is 12.1 Å². The van der Waals surface area contributed by atoms with Crippen LogP contribution < -0.4 is 10.2 Å². The number of benzene rings is 3. The molecule has 234 valence electrons. The average molecular weight is 633 g/mol. The van der Waals surface area contributed by atoms with Gasteiger partial charge in [0, 0.05) is 28.7 Å². The Hall–Kier alpha value is -4.38. The number of carbonyl (C=O) groups excluding carboxylic acids is 1. The van der Waals surface area contributed by atoms with E-state index in [0.717, 1.165) is 41.0 Å². The first-order valence-electron chi connectivity index (χ1n) is 14.8. The number of hydrogen-bond donors (Lipinski definition) is 1. The van der Waals surface area contributed by atoms with E-state index in [1.165, 1.54) is 28.7 Å². The van der Waals surface area contributed by atoms with Gasteiger partial charge in [-0.15, -0.1) is 5.10 Å². The summed E-state index contributed by atoms with van der Waals surface area (Å²) in [5.41, 5.74) is 6.40. The van der Waals surface area contributed by atoms with Crippen LogP contribution in [0.5, 0.6) is 0 Å². The van der Waals surface area contributed by atoms with Gasteiger partial charge in [-0.2, -0.15) is 18.2 Å². The average Bonchev–Trinajstić information content (AvgIpc) is 3.51. The number of nitrogens with one attached hydrogen (secondary N) is 1. The molecule has 0 bridgehead atoms. The first kappa shape index (κ1) is 32.0. The number of nitrogens with zero attached hydrogens (tertiary/aromatic N) is 5. The molecule has 7 nitrogen and oxygen atoms in total. The van der Waals surface area contributed by atoms with Crippen molar-refractivity contribution in [3.8, 4) is 17.1 Å². The molecule has 1 fully saturated rings. The van der Waals surface area contributed by atoms with Crippen LogP contribution in [0.1, 0.15) is 50.8 Å². The highest BCUT2D eigenvalue weighted by atomic mass is 32.2. The second kappa shape index (κ2) is 13.7. The van der Waals surface area contributed by atoms with Crippen molar-refractivity contribution in [2.75, 3.05) is 10.7 Å². The van der Waals surface area contributed by atoms with E-state index in [1.54, 1.807) is 23.9 Å². The van der Waals surface area contributed by atoms with Crippen LogP contribution in [-0.4, -0.2) is 43.9 Å². The zero-order chi connectivity index (χ0) is 32.1. The van der Waals surface area contributed by atoms with Crippen molar-refractivity contribution in [3.05, 3.63) is 102 Å². The predicted molar refractivity (Wildman–Crippen MR) is 176 cm³/mol. The number of amidine groups is 1. The number of halogens is 3. The number of para-hydroxylation sites is 1. The van der Waals surface area contributed by atoms with Gasteiger partial charge in [0.2, 0.25) is 0 Å². The number of urea groups is 1. The number of aryl methyl sites for hydroxylation is 1. The first-order chi connectivity index (χ1) is 21.5. The van der Waals surface area contributed by atoms with E-state index in [9.17, 15) is 18.0 Å². The number of amides is 2. The van der Waals surface area contributed by atoms with Gasteiger partial charge in [-0.05, 0) is 74.1 Å². The Morgan fingerprint density at radius 2 is 1.76 bits per heavy atom. The molecule has 3 aromatic carbocycles. The standard InChI is InChI=1S/C34H35F3N6OS/c1-5-26-8-6-7-9-30(26)43-22(2)18-19-45-33(43)40-32(44)39-24(4)23(3)27-12-14-28(15-13-27)31-38-21-42(41-31)29-16-10-25(11-17-29)20-34(35,36)37/h6-17,21-22H,5,18-20H2,1-4H3,(H,39,44)/b24-23+,40-33-. The van der Waals surface area contributed by atoms with Crippen LogP contribution in [0.2, 0.25) is 0 Å². The Morgan fingerprint density at radius 1 is 1.04 bits per heavy atom. The van der Waals surface area contributed by atoms with E-state index in [-0.39, 0.29) is 11.6 Å². The SMILES string of the molecule is CCc1ccccc1N1/C(=N/C(=O)N/C(C)=C(\C)c2ccc(-c3ncn(-c4ccc(CC(F)(F)F)cc4)n3)cc2)SCCC1C. The summed E-state index contributed by atoms with van der Waals surface area (Å²) >= 11 is 1.60. The van der Waals surface area contributed by atoms with Gasteiger partial charge in [0.25, 0.3) is 0 Å². The molecular formula is C34H35F3N6OS. The molecule has 1 N–H and O–H groups in total. The highest BCUT2D eigenvalue weighted by molar-refractivity contribution is 8.14. The number of rotatable bonds is 7. The maximum absolute atomic E-state index is 13.1. The van der Waals surface area contributed by atoms with Crippen LogP contribution in [-0.2, 0) is 12.8 Å². The molecule has 11 heteroatoms. The summed E-state index contributed by atoms with van der Waals surface area (Å²) in [6.07, 6.45) is -1.80. The lowest BCUT2D eigenvalue weighted by Gasteiger charge is -2.36. The third-order valence-corrected chi connectivity index (χ3v) is 8.76. The Balaban J connectivity index is 1.27. The molecule has 1 aromatic heterocycles. The van der Waals surface area contributed by atoms with Gasteiger partial charge >= 0.3 is 12.2 Å². The number of carbonyl (C=O) groups is 1. The second-order valence-corrected chi connectivity index (χ2v) is 12.0. The summed E-state index contributed by atoms with van der Waals surface area (Å²) in [5, 5.41) is 8.15. The number of anilines is 1. The fourth-order valence-electron chi connectivity index (χ4n) is 5.15. The number of alkyl halides is 3. The molecule has 1 saturated heterocycles. The normalized spacial score (nSPS) is 16.9. The van der Waals surface area contributed by atoms with Gasteiger partial charge in [-0.1, -0.05) is 73.3 Å². The van der Waals surface area contributed by atoms with Gasteiger partial charge in [0.15, 0.2) is 11.0 Å². The van der Waals surface area contributed by atoms with Crippen LogP contribution in [0.3, 0.4) is 0 Å². The molecule has 1 aliphatic heterocycles. The van der Waals surface area contributed by atoms with Crippen molar-refractivity contribution >= 4 is 34.2 Å². The molecular weight excluding hydrogens is 597 g/mol. The number of hydrogen-bond acceptors (Lipinski definition) is 4. The Kier molecular flexibility index (Phi) is 9.77. The van der Waals surface area contributed by atoms with Crippen molar-refractivity contribution in [2.45, 2.75) is 59.2 Å². The van der Waals surface area contributed by atoms with Gasteiger partial charge in [0.1, 0.15) is 6.33 Å². The third-order valence-electron chi connectivity index (χ3n) is 7.77. The fourth-order valence-corrected chi connectivity index (χ4v) is 6.36. The largest absolute Gasteiger partial charge is 0.393 e. The molecule has 1 atom stereocenters. The number of allylic oxidation sites excluding steroid dienone is 2. The summed E-state index contributed by atoms with van der Waals surface area (Å²) in [6, 6.07) is 21.8.